The standard InChI is InChI=1S/C12H8BrClO2S/c1-16-12(15)9-3-2-8(13)5-10(9)7-4-11(14)17-6-7/h2-6H,1H3. The first-order valence-electron chi connectivity index (χ1n) is 4.74. The lowest BCUT2D eigenvalue weighted by atomic mass is 10.0. The highest BCUT2D eigenvalue weighted by molar-refractivity contribution is 9.10. The molecule has 0 saturated heterocycles. The predicted octanol–water partition coefficient (Wildman–Crippen LogP) is 4.62. The van der Waals surface area contributed by atoms with E-state index in [1.165, 1.54) is 18.4 Å². The van der Waals surface area contributed by atoms with Crippen LogP contribution in [0.5, 0.6) is 0 Å². The maximum Gasteiger partial charge on any atom is 0.338 e. The Kier molecular flexibility index (Phi) is 3.86. The molecule has 1 aromatic carbocycles. The minimum atomic E-state index is -0.352. The van der Waals surface area contributed by atoms with Crippen LogP contribution >= 0.6 is 38.9 Å². The normalized spacial score (nSPS) is 10.3. The van der Waals surface area contributed by atoms with Gasteiger partial charge in [0.25, 0.3) is 0 Å². The lowest BCUT2D eigenvalue weighted by Gasteiger charge is -2.06. The maximum absolute atomic E-state index is 11.7. The smallest absolute Gasteiger partial charge is 0.338 e. The average Bonchev–Trinajstić information content (AvgIpc) is 2.75. The first-order valence-corrected chi connectivity index (χ1v) is 6.79. The van der Waals surface area contributed by atoms with Crippen LogP contribution in [0.3, 0.4) is 0 Å². The van der Waals surface area contributed by atoms with Crippen LogP contribution in [0, 0.1) is 0 Å². The van der Waals surface area contributed by atoms with Crippen LogP contribution in [0.4, 0.5) is 0 Å². The van der Waals surface area contributed by atoms with Crippen molar-refractivity contribution in [1.29, 1.82) is 0 Å². The molecule has 0 radical (unpaired) electrons. The minimum absolute atomic E-state index is 0.352. The van der Waals surface area contributed by atoms with Crippen molar-refractivity contribution in [2.45, 2.75) is 0 Å². The van der Waals surface area contributed by atoms with Gasteiger partial charge in [-0.15, -0.1) is 11.3 Å². The lowest BCUT2D eigenvalue weighted by molar-refractivity contribution is 0.0601. The van der Waals surface area contributed by atoms with Crippen LogP contribution in [0.1, 0.15) is 10.4 Å². The Bertz CT molecular complexity index is 565. The van der Waals surface area contributed by atoms with E-state index in [9.17, 15) is 4.79 Å². The number of hydrogen-bond donors (Lipinski definition) is 0. The molecule has 88 valence electrons. The minimum Gasteiger partial charge on any atom is -0.465 e. The topological polar surface area (TPSA) is 26.3 Å². The first-order chi connectivity index (χ1) is 8.11. The molecule has 0 aliphatic carbocycles. The van der Waals surface area contributed by atoms with E-state index in [4.69, 9.17) is 16.3 Å². The largest absolute Gasteiger partial charge is 0.465 e. The van der Waals surface area contributed by atoms with Crippen molar-refractivity contribution in [2.75, 3.05) is 7.11 Å². The molecule has 17 heavy (non-hydrogen) atoms. The Hall–Kier alpha value is -0.840. The van der Waals surface area contributed by atoms with Gasteiger partial charge in [0.15, 0.2) is 0 Å². The van der Waals surface area contributed by atoms with E-state index in [0.717, 1.165) is 15.6 Å². The molecule has 0 bridgehead atoms. The Morgan fingerprint density at radius 3 is 2.76 bits per heavy atom. The molecule has 0 fully saturated rings. The van der Waals surface area contributed by atoms with Crippen LogP contribution in [0.25, 0.3) is 11.1 Å². The van der Waals surface area contributed by atoms with E-state index in [1.807, 2.05) is 23.6 Å². The van der Waals surface area contributed by atoms with Gasteiger partial charge in [0, 0.05) is 9.85 Å². The highest BCUT2D eigenvalue weighted by Gasteiger charge is 2.14. The number of rotatable bonds is 2. The van der Waals surface area contributed by atoms with Gasteiger partial charge in [-0.1, -0.05) is 27.5 Å². The molecule has 0 N–H and O–H groups in total. The zero-order chi connectivity index (χ0) is 12.4. The zero-order valence-electron chi connectivity index (χ0n) is 8.87. The second-order valence-electron chi connectivity index (χ2n) is 3.32. The summed E-state index contributed by atoms with van der Waals surface area (Å²) in [5, 5.41) is 1.91. The summed E-state index contributed by atoms with van der Waals surface area (Å²) in [6.45, 7) is 0. The molecule has 2 aromatic rings. The molecule has 0 unspecified atom stereocenters. The Labute approximate surface area is 116 Å². The van der Waals surface area contributed by atoms with E-state index in [0.29, 0.717) is 9.90 Å². The van der Waals surface area contributed by atoms with E-state index in [1.54, 1.807) is 6.07 Å². The number of ether oxygens (including phenoxy) is 1. The number of hydrogen-bond acceptors (Lipinski definition) is 3. The Balaban J connectivity index is 2.58. The van der Waals surface area contributed by atoms with Crippen molar-refractivity contribution >= 4 is 44.8 Å². The van der Waals surface area contributed by atoms with Crippen LogP contribution < -0.4 is 0 Å². The fourth-order valence-electron chi connectivity index (χ4n) is 1.49. The zero-order valence-corrected chi connectivity index (χ0v) is 12.0. The summed E-state index contributed by atoms with van der Waals surface area (Å²) in [6, 6.07) is 7.26. The summed E-state index contributed by atoms with van der Waals surface area (Å²) in [7, 11) is 1.37. The Morgan fingerprint density at radius 2 is 2.18 bits per heavy atom. The molecule has 0 atom stereocenters. The van der Waals surface area contributed by atoms with Gasteiger partial charge >= 0.3 is 5.97 Å². The summed E-state index contributed by atoms with van der Waals surface area (Å²) in [5.74, 6) is -0.352. The van der Waals surface area contributed by atoms with Gasteiger partial charge < -0.3 is 4.74 Å². The number of esters is 1. The monoisotopic (exact) mass is 330 g/mol. The van der Waals surface area contributed by atoms with Gasteiger partial charge in [-0.25, -0.2) is 4.79 Å². The number of thiophene rings is 1. The van der Waals surface area contributed by atoms with E-state index in [-0.39, 0.29) is 5.97 Å². The summed E-state index contributed by atoms with van der Waals surface area (Å²) in [6.07, 6.45) is 0. The fourth-order valence-corrected chi connectivity index (χ4v) is 2.74. The molecule has 0 aliphatic heterocycles. The molecule has 0 saturated carbocycles. The van der Waals surface area contributed by atoms with E-state index >= 15 is 0 Å². The number of methoxy groups -OCH3 is 1. The van der Waals surface area contributed by atoms with Gasteiger partial charge in [0.2, 0.25) is 0 Å². The van der Waals surface area contributed by atoms with E-state index in [2.05, 4.69) is 15.9 Å². The second kappa shape index (κ2) is 5.21. The number of carbonyl (C=O) groups is 1. The van der Waals surface area contributed by atoms with Crippen molar-refractivity contribution < 1.29 is 9.53 Å². The van der Waals surface area contributed by atoms with Crippen molar-refractivity contribution in [3.8, 4) is 11.1 Å². The Morgan fingerprint density at radius 1 is 1.41 bits per heavy atom. The molecule has 0 spiro atoms. The predicted molar refractivity (Wildman–Crippen MR) is 73.8 cm³/mol. The first kappa shape index (κ1) is 12.6. The van der Waals surface area contributed by atoms with Gasteiger partial charge in [-0.3, -0.25) is 0 Å². The maximum atomic E-state index is 11.7. The third-order valence-corrected chi connectivity index (χ3v) is 3.85. The third-order valence-electron chi connectivity index (χ3n) is 2.27. The molecule has 5 heteroatoms. The number of benzene rings is 1. The van der Waals surface area contributed by atoms with Crippen LogP contribution in [-0.2, 0) is 4.74 Å². The summed E-state index contributed by atoms with van der Waals surface area (Å²) >= 11 is 10.7. The molecular weight excluding hydrogens is 324 g/mol. The molecule has 0 amide bonds. The van der Waals surface area contributed by atoms with Crippen molar-refractivity contribution in [1.82, 2.24) is 0 Å². The molecule has 1 aromatic heterocycles. The van der Waals surface area contributed by atoms with Crippen LogP contribution in [-0.4, -0.2) is 13.1 Å². The van der Waals surface area contributed by atoms with Crippen molar-refractivity contribution in [3.05, 3.63) is 44.0 Å². The molecular formula is C12H8BrClO2S. The molecule has 0 aliphatic rings. The van der Waals surface area contributed by atoms with E-state index < -0.39 is 0 Å². The van der Waals surface area contributed by atoms with Gasteiger partial charge in [0.05, 0.1) is 17.0 Å². The lowest BCUT2D eigenvalue weighted by Crippen LogP contribution is -2.03. The fraction of sp³-hybridized carbons (Fsp3) is 0.0833. The summed E-state index contributed by atoms with van der Waals surface area (Å²) in [5.41, 5.74) is 2.27. The SMILES string of the molecule is COC(=O)c1ccc(Br)cc1-c1csc(Cl)c1. The van der Waals surface area contributed by atoms with Crippen molar-refractivity contribution in [3.63, 3.8) is 0 Å². The highest BCUT2D eigenvalue weighted by Crippen LogP contribution is 2.33. The third kappa shape index (κ3) is 2.70. The average molecular weight is 332 g/mol. The van der Waals surface area contributed by atoms with Crippen molar-refractivity contribution in [2.24, 2.45) is 0 Å². The summed E-state index contributed by atoms with van der Waals surface area (Å²) < 4.78 is 6.36. The van der Waals surface area contributed by atoms with Crippen LogP contribution in [0.15, 0.2) is 34.1 Å². The quantitative estimate of drug-likeness (QED) is 0.751. The molecule has 2 rings (SSSR count). The summed E-state index contributed by atoms with van der Waals surface area (Å²) in [4.78, 5) is 11.7. The molecule has 1 heterocycles. The van der Waals surface area contributed by atoms with Gasteiger partial charge in [0.1, 0.15) is 0 Å². The van der Waals surface area contributed by atoms with Gasteiger partial charge in [-0.2, -0.15) is 0 Å². The number of halogens is 2. The van der Waals surface area contributed by atoms with Gasteiger partial charge in [-0.05, 0) is 35.4 Å². The van der Waals surface area contributed by atoms with Crippen LogP contribution in [0.2, 0.25) is 4.34 Å². The molecule has 2 nitrogen and oxygen atoms in total. The highest BCUT2D eigenvalue weighted by atomic mass is 79.9. The second-order valence-corrected chi connectivity index (χ2v) is 5.78. The number of carbonyl (C=O) groups excluding carboxylic acids is 1.